The fourth-order valence-electron chi connectivity index (χ4n) is 2.65. The van der Waals surface area contributed by atoms with E-state index in [2.05, 4.69) is 4.90 Å². The maximum atomic E-state index is 9.56. The molecule has 1 aliphatic rings. The third-order valence-electron chi connectivity index (χ3n) is 3.73. The number of nitrogens with zero attached hydrogens (tertiary/aromatic N) is 2. The van der Waals surface area contributed by atoms with Gasteiger partial charge in [-0.2, -0.15) is 0 Å². The van der Waals surface area contributed by atoms with Gasteiger partial charge in [-0.25, -0.2) is 4.98 Å². The smallest absolute Gasteiger partial charge is 0.134 e. The summed E-state index contributed by atoms with van der Waals surface area (Å²) in [7, 11) is 1.74. The van der Waals surface area contributed by atoms with E-state index in [0.29, 0.717) is 0 Å². The summed E-state index contributed by atoms with van der Waals surface area (Å²) in [5.41, 5.74) is 1.85. The number of hydrogen-bond acceptors (Lipinski definition) is 4. The van der Waals surface area contributed by atoms with E-state index < -0.39 is 0 Å². The minimum atomic E-state index is 0.0152. The van der Waals surface area contributed by atoms with Crippen LogP contribution in [0.25, 0.3) is 10.9 Å². The summed E-state index contributed by atoms with van der Waals surface area (Å²) in [5, 5.41) is 10.6. The maximum absolute atomic E-state index is 9.56. The van der Waals surface area contributed by atoms with E-state index in [0.717, 1.165) is 41.8 Å². The molecule has 2 aromatic rings. The number of ether oxygens (including phenoxy) is 1. The average Bonchev–Trinajstić information content (AvgIpc) is 2.94. The molecule has 1 aromatic heterocycles. The van der Waals surface area contributed by atoms with Crippen LogP contribution in [0.2, 0.25) is 0 Å². The Morgan fingerprint density at radius 3 is 3.00 bits per heavy atom. The number of benzene rings is 1. The number of methoxy groups -OCH3 is 1. The Bertz CT molecular complexity index is 585. The second-order valence-electron chi connectivity index (χ2n) is 4.91. The molecule has 0 saturated carbocycles. The van der Waals surface area contributed by atoms with Gasteiger partial charge >= 0.3 is 0 Å². The summed E-state index contributed by atoms with van der Waals surface area (Å²) < 4.78 is 5.39. The molecule has 1 N–H and O–H groups in total. The maximum Gasteiger partial charge on any atom is 0.134 e. The van der Waals surface area contributed by atoms with Crippen LogP contribution in [0.5, 0.6) is 0 Å². The van der Waals surface area contributed by atoms with Gasteiger partial charge in [0, 0.05) is 31.1 Å². The molecule has 1 aromatic carbocycles. The van der Waals surface area contributed by atoms with Gasteiger partial charge in [0.25, 0.3) is 0 Å². The van der Waals surface area contributed by atoms with Gasteiger partial charge in [0.05, 0.1) is 18.2 Å². The van der Waals surface area contributed by atoms with Crippen LogP contribution in [-0.2, 0) is 11.3 Å². The van der Waals surface area contributed by atoms with Gasteiger partial charge in [0.2, 0.25) is 0 Å². The summed E-state index contributed by atoms with van der Waals surface area (Å²) in [6.07, 6.45) is 1.27. The van der Waals surface area contributed by atoms with Gasteiger partial charge in [0.1, 0.15) is 5.82 Å². The molecule has 4 heteroatoms. The first-order valence-corrected chi connectivity index (χ1v) is 6.59. The highest BCUT2D eigenvalue weighted by atomic mass is 16.5. The molecule has 0 aliphatic carbocycles. The Hall–Kier alpha value is -1.65. The van der Waals surface area contributed by atoms with Crippen LogP contribution >= 0.6 is 0 Å². The summed E-state index contributed by atoms with van der Waals surface area (Å²) in [6.45, 7) is 1.78. The van der Waals surface area contributed by atoms with Crippen molar-refractivity contribution in [2.45, 2.75) is 19.1 Å². The van der Waals surface area contributed by atoms with Crippen LogP contribution in [0.3, 0.4) is 0 Å². The van der Waals surface area contributed by atoms with Crippen LogP contribution in [0.4, 0.5) is 5.82 Å². The van der Waals surface area contributed by atoms with Crippen LogP contribution < -0.4 is 4.90 Å². The standard InChI is InChI=1S/C15H18N2O2/c1-19-13-6-7-17(9-13)15-12(10-18)8-11-4-2-3-5-14(11)16-15/h2-5,8,13,18H,6-7,9-10H2,1H3. The number of aromatic nitrogens is 1. The molecule has 4 nitrogen and oxygen atoms in total. The number of pyridine rings is 1. The SMILES string of the molecule is COC1CCN(c2nc3ccccc3cc2CO)C1. The molecule has 1 saturated heterocycles. The van der Waals surface area contributed by atoms with Crippen molar-refractivity contribution in [2.75, 3.05) is 25.1 Å². The van der Waals surface area contributed by atoms with Crippen molar-refractivity contribution in [2.24, 2.45) is 0 Å². The second-order valence-corrected chi connectivity index (χ2v) is 4.91. The number of para-hydroxylation sites is 1. The highest BCUT2D eigenvalue weighted by Gasteiger charge is 2.25. The van der Waals surface area contributed by atoms with Gasteiger partial charge in [0.15, 0.2) is 0 Å². The Morgan fingerprint density at radius 2 is 2.26 bits per heavy atom. The van der Waals surface area contributed by atoms with E-state index >= 15 is 0 Å². The molecule has 3 rings (SSSR count). The van der Waals surface area contributed by atoms with E-state index in [1.807, 2.05) is 30.3 Å². The molecule has 100 valence electrons. The molecule has 1 atom stereocenters. The van der Waals surface area contributed by atoms with E-state index in [1.54, 1.807) is 7.11 Å². The predicted molar refractivity (Wildman–Crippen MR) is 75.3 cm³/mol. The Kier molecular flexibility index (Phi) is 3.36. The molecule has 1 unspecified atom stereocenters. The molecular weight excluding hydrogens is 240 g/mol. The molecule has 0 spiro atoms. The van der Waals surface area contributed by atoms with Crippen molar-refractivity contribution >= 4 is 16.7 Å². The van der Waals surface area contributed by atoms with E-state index in [9.17, 15) is 5.11 Å². The average molecular weight is 258 g/mol. The first kappa shape index (κ1) is 12.4. The summed E-state index contributed by atoms with van der Waals surface area (Å²) in [4.78, 5) is 6.91. The van der Waals surface area contributed by atoms with Crippen molar-refractivity contribution in [1.29, 1.82) is 0 Å². The third kappa shape index (κ3) is 2.29. The van der Waals surface area contributed by atoms with Crippen LogP contribution in [-0.4, -0.2) is 36.4 Å². The van der Waals surface area contributed by atoms with Crippen molar-refractivity contribution in [3.8, 4) is 0 Å². The van der Waals surface area contributed by atoms with Crippen molar-refractivity contribution < 1.29 is 9.84 Å². The summed E-state index contributed by atoms with van der Waals surface area (Å²) in [5.74, 6) is 0.890. The topological polar surface area (TPSA) is 45.6 Å². The molecular formula is C15H18N2O2. The quantitative estimate of drug-likeness (QED) is 0.914. The van der Waals surface area contributed by atoms with Crippen molar-refractivity contribution in [1.82, 2.24) is 4.98 Å². The fraction of sp³-hybridized carbons (Fsp3) is 0.400. The first-order chi connectivity index (χ1) is 9.31. The number of aliphatic hydroxyl groups is 1. The molecule has 2 heterocycles. The van der Waals surface area contributed by atoms with Crippen molar-refractivity contribution in [3.05, 3.63) is 35.9 Å². The number of rotatable bonds is 3. The van der Waals surface area contributed by atoms with E-state index in [1.165, 1.54) is 0 Å². The third-order valence-corrected chi connectivity index (χ3v) is 3.73. The monoisotopic (exact) mass is 258 g/mol. The zero-order chi connectivity index (χ0) is 13.2. The van der Waals surface area contributed by atoms with Gasteiger partial charge in [-0.15, -0.1) is 0 Å². The lowest BCUT2D eigenvalue weighted by Crippen LogP contribution is -2.24. The number of fused-ring (bicyclic) bond motifs is 1. The molecule has 1 fully saturated rings. The van der Waals surface area contributed by atoms with Crippen molar-refractivity contribution in [3.63, 3.8) is 0 Å². The van der Waals surface area contributed by atoms with E-state index in [4.69, 9.17) is 9.72 Å². The Balaban J connectivity index is 2.02. The first-order valence-electron chi connectivity index (χ1n) is 6.59. The highest BCUT2D eigenvalue weighted by molar-refractivity contribution is 5.81. The van der Waals surface area contributed by atoms with Gasteiger partial charge in [-0.1, -0.05) is 18.2 Å². The van der Waals surface area contributed by atoms with Crippen LogP contribution in [0, 0.1) is 0 Å². The zero-order valence-electron chi connectivity index (χ0n) is 11.0. The lowest BCUT2D eigenvalue weighted by molar-refractivity contribution is 0.121. The second kappa shape index (κ2) is 5.15. The van der Waals surface area contributed by atoms with Gasteiger partial charge in [-0.3, -0.25) is 0 Å². The minimum absolute atomic E-state index is 0.0152. The summed E-state index contributed by atoms with van der Waals surface area (Å²) in [6, 6.07) is 10.0. The normalized spacial score (nSPS) is 19.3. The molecule has 19 heavy (non-hydrogen) atoms. The molecule has 1 aliphatic heterocycles. The fourth-order valence-corrected chi connectivity index (χ4v) is 2.65. The van der Waals surface area contributed by atoms with Gasteiger partial charge < -0.3 is 14.7 Å². The lowest BCUT2D eigenvalue weighted by atomic mass is 10.1. The number of anilines is 1. The number of hydrogen-bond donors (Lipinski definition) is 1. The summed E-state index contributed by atoms with van der Waals surface area (Å²) >= 11 is 0. The Morgan fingerprint density at radius 1 is 1.42 bits per heavy atom. The largest absolute Gasteiger partial charge is 0.392 e. The Labute approximate surface area is 112 Å². The minimum Gasteiger partial charge on any atom is -0.392 e. The lowest BCUT2D eigenvalue weighted by Gasteiger charge is -2.20. The van der Waals surface area contributed by atoms with Crippen LogP contribution in [0.1, 0.15) is 12.0 Å². The zero-order valence-corrected chi connectivity index (χ0v) is 11.0. The highest BCUT2D eigenvalue weighted by Crippen LogP contribution is 2.27. The predicted octanol–water partition coefficient (Wildman–Crippen LogP) is 1.95. The molecule has 0 radical (unpaired) electrons. The van der Waals surface area contributed by atoms with Crippen LogP contribution in [0.15, 0.2) is 30.3 Å². The van der Waals surface area contributed by atoms with Gasteiger partial charge in [-0.05, 0) is 18.6 Å². The van der Waals surface area contributed by atoms with E-state index in [-0.39, 0.29) is 12.7 Å². The molecule has 0 amide bonds. The molecule has 0 bridgehead atoms. The number of aliphatic hydroxyl groups excluding tert-OH is 1.